The minimum atomic E-state index is -4.94. The van der Waals surface area contributed by atoms with E-state index in [2.05, 4.69) is 21.2 Å². The molecule has 0 saturated carbocycles. The zero-order chi connectivity index (χ0) is 39.6. The molecule has 16 heteroatoms. The molecule has 1 amide bonds. The third-order valence-electron chi connectivity index (χ3n) is 9.12. The number of alkyl halides is 4. The number of carbonyl (C=O) groups is 2. The van der Waals surface area contributed by atoms with Crippen LogP contribution in [0, 0.1) is 25.5 Å². The van der Waals surface area contributed by atoms with E-state index in [9.17, 15) is 41.4 Å². The molecule has 2 atom stereocenters. The summed E-state index contributed by atoms with van der Waals surface area (Å²) in [5, 5.41) is 13.4. The lowest BCUT2D eigenvalue weighted by molar-refractivity contribution is -0.144. The summed E-state index contributed by atoms with van der Waals surface area (Å²) in [7, 11) is 0. The summed E-state index contributed by atoms with van der Waals surface area (Å²) in [6.45, 7) is 4.39. The molecule has 0 aliphatic carbocycles. The number of halogens is 8. The van der Waals surface area contributed by atoms with Gasteiger partial charge in [-0.3, -0.25) is 23.9 Å². The normalized spacial score (nSPS) is 14.7. The number of ether oxygens (including phenoxy) is 1. The number of hydrogen-bond donors (Lipinski definition) is 2. The molecule has 0 bridgehead atoms. The standard InChI is InChI=1S/C38H35BrClF6N3O5/c1-4-54-33(52)15-30(27-12-22(9-19(2)35(27)43)34-20(3)29(42)5-6-31(34)50)47-37(53)36(23-10-24(39)13-25(40)11-23)49-16-21(7-8-48-17-26(41)18-48)28(14-32(49)51)38(44,45)46/h5-6,9-14,16,26,30,36,50H,4,7-8,15,17-18H2,1-3H3,(H,47,53)/t30-,36?/m0/s1. The van der Waals surface area contributed by atoms with Crippen molar-refractivity contribution in [3.05, 3.63) is 120 Å². The van der Waals surface area contributed by atoms with Crippen LogP contribution >= 0.6 is 27.5 Å². The Kier molecular flexibility index (Phi) is 12.5. The van der Waals surface area contributed by atoms with E-state index < -0.39 is 65.5 Å². The molecule has 1 aliphatic heterocycles. The van der Waals surface area contributed by atoms with Crippen LogP contribution in [0.2, 0.25) is 5.02 Å². The van der Waals surface area contributed by atoms with Crippen molar-refractivity contribution >= 4 is 39.4 Å². The number of aromatic hydroxyl groups is 1. The number of rotatable bonds is 12. The molecule has 1 saturated heterocycles. The topological polar surface area (TPSA) is 101 Å². The first-order valence-electron chi connectivity index (χ1n) is 16.8. The Bertz CT molecular complexity index is 2120. The number of hydrogen-bond acceptors (Lipinski definition) is 6. The maximum atomic E-state index is 16.1. The molecule has 1 unspecified atom stereocenters. The Balaban J connectivity index is 1.66. The van der Waals surface area contributed by atoms with Crippen molar-refractivity contribution in [2.45, 2.75) is 58.0 Å². The number of likely N-dealkylation sites (tertiary alicyclic amines) is 1. The number of benzene rings is 3. The SMILES string of the molecule is CCOC(=O)C[C@H](NC(=O)C(c1cc(Cl)cc(Br)c1)n1cc(CCN2CC(F)C2)c(C(F)(F)F)cc1=O)c1cc(-c2c(O)ccc(F)c2C)cc(C)c1F. The summed E-state index contributed by atoms with van der Waals surface area (Å²) < 4.78 is 93.2. The largest absolute Gasteiger partial charge is 0.507 e. The van der Waals surface area contributed by atoms with E-state index >= 15 is 4.39 Å². The number of pyridine rings is 1. The summed E-state index contributed by atoms with van der Waals surface area (Å²) in [5.41, 5.74) is -2.76. The second-order valence-electron chi connectivity index (χ2n) is 13.0. The Hall–Kier alpha value is -4.34. The highest BCUT2D eigenvalue weighted by Gasteiger charge is 2.37. The number of nitrogens with one attached hydrogen (secondary N) is 1. The number of phenols is 1. The van der Waals surface area contributed by atoms with Crippen LogP contribution in [0.4, 0.5) is 26.3 Å². The van der Waals surface area contributed by atoms with Gasteiger partial charge < -0.3 is 15.2 Å². The fourth-order valence-corrected chi connectivity index (χ4v) is 7.39. The summed E-state index contributed by atoms with van der Waals surface area (Å²) in [6.07, 6.45) is -6.02. The number of nitrogens with zero attached hydrogens (tertiary/aromatic N) is 2. The average molecular weight is 843 g/mol. The van der Waals surface area contributed by atoms with Crippen LogP contribution in [0.1, 0.15) is 58.8 Å². The van der Waals surface area contributed by atoms with Gasteiger partial charge in [-0.05, 0) is 97.5 Å². The molecule has 54 heavy (non-hydrogen) atoms. The number of amides is 1. The molecule has 5 rings (SSSR count). The first kappa shape index (κ1) is 40.8. The molecule has 4 aromatic rings. The van der Waals surface area contributed by atoms with E-state index in [4.69, 9.17) is 16.3 Å². The quantitative estimate of drug-likeness (QED) is 0.110. The minimum absolute atomic E-state index is 0.00822. The Morgan fingerprint density at radius 3 is 2.43 bits per heavy atom. The smallest absolute Gasteiger partial charge is 0.416 e. The fourth-order valence-electron chi connectivity index (χ4n) is 6.50. The lowest BCUT2D eigenvalue weighted by atomic mass is 9.91. The van der Waals surface area contributed by atoms with Crippen molar-refractivity contribution in [2.24, 2.45) is 0 Å². The molecule has 0 spiro atoms. The van der Waals surface area contributed by atoms with Crippen molar-refractivity contribution in [2.75, 3.05) is 26.2 Å². The zero-order valence-corrected chi connectivity index (χ0v) is 31.5. The van der Waals surface area contributed by atoms with Crippen molar-refractivity contribution in [3.8, 4) is 16.9 Å². The van der Waals surface area contributed by atoms with Gasteiger partial charge in [0, 0.05) is 52.5 Å². The predicted molar refractivity (Wildman–Crippen MR) is 193 cm³/mol. The molecule has 1 aromatic heterocycles. The number of aryl methyl sites for hydroxylation is 1. The average Bonchev–Trinajstić information content (AvgIpc) is 3.06. The van der Waals surface area contributed by atoms with Gasteiger partial charge in [-0.25, -0.2) is 13.2 Å². The predicted octanol–water partition coefficient (Wildman–Crippen LogP) is 8.15. The number of esters is 1. The molecule has 288 valence electrons. The molecule has 0 radical (unpaired) electrons. The second-order valence-corrected chi connectivity index (χ2v) is 14.4. The molecule has 1 aliphatic rings. The van der Waals surface area contributed by atoms with E-state index in [-0.39, 0.29) is 82.4 Å². The lowest BCUT2D eigenvalue weighted by Crippen LogP contribution is -2.49. The fraction of sp³-hybridized carbons (Fsp3) is 0.342. The highest BCUT2D eigenvalue weighted by molar-refractivity contribution is 9.10. The van der Waals surface area contributed by atoms with Crippen LogP contribution in [0.3, 0.4) is 0 Å². The maximum absolute atomic E-state index is 16.1. The maximum Gasteiger partial charge on any atom is 0.416 e. The Labute approximate surface area is 319 Å². The highest BCUT2D eigenvalue weighted by atomic mass is 79.9. The van der Waals surface area contributed by atoms with Crippen LogP contribution in [0.25, 0.3) is 11.1 Å². The molecule has 2 heterocycles. The first-order chi connectivity index (χ1) is 25.4. The van der Waals surface area contributed by atoms with Gasteiger partial charge in [0.1, 0.15) is 29.6 Å². The van der Waals surface area contributed by atoms with Crippen molar-refractivity contribution in [3.63, 3.8) is 0 Å². The minimum Gasteiger partial charge on any atom is -0.507 e. The lowest BCUT2D eigenvalue weighted by Gasteiger charge is -2.34. The van der Waals surface area contributed by atoms with E-state index in [0.717, 1.165) is 22.9 Å². The van der Waals surface area contributed by atoms with Crippen LogP contribution in [0.15, 0.2) is 64.0 Å². The Morgan fingerprint density at radius 2 is 1.80 bits per heavy atom. The van der Waals surface area contributed by atoms with Crippen molar-refractivity contribution in [1.29, 1.82) is 0 Å². The number of carbonyl (C=O) groups excluding carboxylic acids is 2. The van der Waals surface area contributed by atoms with E-state index in [1.807, 2.05) is 0 Å². The van der Waals surface area contributed by atoms with Gasteiger partial charge in [0.25, 0.3) is 5.56 Å². The van der Waals surface area contributed by atoms with Crippen molar-refractivity contribution in [1.82, 2.24) is 14.8 Å². The number of aromatic nitrogens is 1. The zero-order valence-electron chi connectivity index (χ0n) is 29.2. The molecule has 8 nitrogen and oxygen atoms in total. The molecule has 2 N–H and O–H groups in total. The van der Waals surface area contributed by atoms with Crippen LogP contribution < -0.4 is 10.9 Å². The third-order valence-corrected chi connectivity index (χ3v) is 9.80. The van der Waals surface area contributed by atoms with Gasteiger partial charge >= 0.3 is 12.1 Å². The number of phenolic OH excluding ortho intramolecular Hbond substituents is 1. The summed E-state index contributed by atoms with van der Waals surface area (Å²) in [4.78, 5) is 42.6. The molecule has 1 fully saturated rings. The first-order valence-corrected chi connectivity index (χ1v) is 17.9. The van der Waals surface area contributed by atoms with Gasteiger partial charge in [0.2, 0.25) is 5.91 Å². The summed E-state index contributed by atoms with van der Waals surface area (Å²) in [5.74, 6) is -3.73. The third kappa shape index (κ3) is 9.12. The molecule has 3 aromatic carbocycles. The monoisotopic (exact) mass is 841 g/mol. The van der Waals surface area contributed by atoms with Gasteiger partial charge in [0.15, 0.2) is 0 Å². The second kappa shape index (κ2) is 16.6. The highest BCUT2D eigenvalue weighted by Crippen LogP contribution is 2.38. The Morgan fingerprint density at radius 1 is 1.09 bits per heavy atom. The van der Waals surface area contributed by atoms with Crippen LogP contribution in [0.5, 0.6) is 5.75 Å². The van der Waals surface area contributed by atoms with Crippen LogP contribution in [-0.4, -0.2) is 58.9 Å². The molecular formula is C38H35BrClF6N3O5. The van der Waals surface area contributed by atoms with E-state index in [0.29, 0.717) is 10.5 Å². The van der Waals surface area contributed by atoms with Crippen LogP contribution in [-0.2, 0) is 26.9 Å². The van der Waals surface area contributed by atoms with Gasteiger partial charge in [-0.1, -0.05) is 27.5 Å². The molecular weight excluding hydrogens is 808 g/mol. The van der Waals surface area contributed by atoms with Gasteiger partial charge in [-0.2, -0.15) is 13.2 Å². The van der Waals surface area contributed by atoms with Crippen molar-refractivity contribution < 1.29 is 45.8 Å². The summed E-state index contributed by atoms with van der Waals surface area (Å²) >= 11 is 9.61. The van der Waals surface area contributed by atoms with E-state index in [1.54, 1.807) is 4.90 Å². The van der Waals surface area contributed by atoms with E-state index in [1.165, 1.54) is 51.1 Å². The van der Waals surface area contributed by atoms with Gasteiger partial charge in [-0.15, -0.1) is 0 Å². The summed E-state index contributed by atoms with van der Waals surface area (Å²) in [6, 6.07) is 6.13. The van der Waals surface area contributed by atoms with Gasteiger partial charge in [0.05, 0.1) is 24.6 Å².